The Morgan fingerprint density at radius 1 is 1.47 bits per heavy atom. The van der Waals surface area contributed by atoms with E-state index < -0.39 is 10.0 Å². The van der Waals surface area contributed by atoms with Gasteiger partial charge in [-0.1, -0.05) is 6.07 Å². The molecule has 92 valence electrons. The van der Waals surface area contributed by atoms with Crippen LogP contribution >= 0.6 is 11.3 Å². The molecule has 0 saturated carbocycles. The van der Waals surface area contributed by atoms with Gasteiger partial charge >= 0.3 is 0 Å². The van der Waals surface area contributed by atoms with E-state index in [2.05, 4.69) is 14.9 Å². The van der Waals surface area contributed by atoms with Gasteiger partial charge in [0, 0.05) is 13.0 Å². The van der Waals surface area contributed by atoms with Gasteiger partial charge in [-0.05, 0) is 11.4 Å². The van der Waals surface area contributed by atoms with Gasteiger partial charge in [0.2, 0.25) is 15.9 Å². The molecule has 17 heavy (non-hydrogen) atoms. The van der Waals surface area contributed by atoms with Crippen molar-refractivity contribution in [2.45, 2.75) is 6.42 Å². The monoisotopic (exact) mass is 273 g/mol. The SMILES string of the molecule is CS(=O)(=O)NCCc1nnc(-c2cccs2)o1. The van der Waals surface area contributed by atoms with Crippen molar-refractivity contribution in [3.8, 4) is 10.8 Å². The van der Waals surface area contributed by atoms with Crippen LogP contribution in [0.3, 0.4) is 0 Å². The molecule has 0 amide bonds. The quantitative estimate of drug-likeness (QED) is 0.874. The zero-order valence-electron chi connectivity index (χ0n) is 9.08. The number of sulfonamides is 1. The van der Waals surface area contributed by atoms with Gasteiger partial charge in [0.1, 0.15) is 0 Å². The third-order valence-electron chi connectivity index (χ3n) is 1.90. The highest BCUT2D eigenvalue weighted by atomic mass is 32.2. The van der Waals surface area contributed by atoms with E-state index in [1.807, 2.05) is 17.5 Å². The van der Waals surface area contributed by atoms with Crippen LogP contribution in [0.4, 0.5) is 0 Å². The molecule has 0 aliphatic rings. The molecule has 0 saturated heterocycles. The molecular weight excluding hydrogens is 262 g/mol. The smallest absolute Gasteiger partial charge is 0.257 e. The molecule has 0 spiro atoms. The molecule has 2 aromatic rings. The first-order valence-corrected chi connectivity index (χ1v) is 7.62. The molecule has 0 fully saturated rings. The second-order valence-electron chi connectivity index (χ2n) is 3.39. The first-order chi connectivity index (χ1) is 8.04. The highest BCUT2D eigenvalue weighted by Gasteiger charge is 2.09. The van der Waals surface area contributed by atoms with Crippen LogP contribution in [0.25, 0.3) is 10.8 Å². The fourth-order valence-electron chi connectivity index (χ4n) is 1.20. The summed E-state index contributed by atoms with van der Waals surface area (Å²) < 4.78 is 29.4. The Bertz CT molecular complexity index is 574. The molecule has 2 aromatic heterocycles. The van der Waals surface area contributed by atoms with Crippen molar-refractivity contribution >= 4 is 21.4 Å². The molecule has 0 unspecified atom stereocenters. The Morgan fingerprint density at radius 3 is 2.94 bits per heavy atom. The van der Waals surface area contributed by atoms with Crippen molar-refractivity contribution in [2.75, 3.05) is 12.8 Å². The van der Waals surface area contributed by atoms with Crippen molar-refractivity contribution in [2.24, 2.45) is 0 Å². The van der Waals surface area contributed by atoms with Crippen LogP contribution in [0.15, 0.2) is 21.9 Å². The van der Waals surface area contributed by atoms with Gasteiger partial charge in [0.05, 0.1) is 11.1 Å². The van der Waals surface area contributed by atoms with Crippen LogP contribution in [-0.2, 0) is 16.4 Å². The molecule has 0 aliphatic carbocycles. The van der Waals surface area contributed by atoms with Crippen LogP contribution in [0.1, 0.15) is 5.89 Å². The number of nitrogens with one attached hydrogen (secondary N) is 1. The molecule has 8 heteroatoms. The number of hydrogen-bond acceptors (Lipinski definition) is 6. The average Bonchev–Trinajstić information content (AvgIpc) is 2.83. The van der Waals surface area contributed by atoms with Gasteiger partial charge in [0.25, 0.3) is 5.89 Å². The normalized spacial score (nSPS) is 11.8. The maximum absolute atomic E-state index is 10.8. The van der Waals surface area contributed by atoms with E-state index in [9.17, 15) is 8.42 Å². The van der Waals surface area contributed by atoms with E-state index in [-0.39, 0.29) is 6.54 Å². The van der Waals surface area contributed by atoms with Crippen LogP contribution in [0, 0.1) is 0 Å². The fourth-order valence-corrected chi connectivity index (χ4v) is 2.31. The minimum Gasteiger partial charge on any atom is -0.420 e. The Balaban J connectivity index is 1.95. The average molecular weight is 273 g/mol. The molecule has 0 aromatic carbocycles. The van der Waals surface area contributed by atoms with Gasteiger partial charge in [-0.25, -0.2) is 13.1 Å². The highest BCUT2D eigenvalue weighted by Crippen LogP contribution is 2.22. The van der Waals surface area contributed by atoms with E-state index in [1.165, 1.54) is 11.3 Å². The van der Waals surface area contributed by atoms with Gasteiger partial charge < -0.3 is 4.42 Å². The lowest BCUT2D eigenvalue weighted by Crippen LogP contribution is -2.24. The Morgan fingerprint density at radius 2 is 2.29 bits per heavy atom. The lowest BCUT2D eigenvalue weighted by Gasteiger charge is -1.97. The van der Waals surface area contributed by atoms with Crippen molar-refractivity contribution in [1.29, 1.82) is 0 Å². The lowest BCUT2D eigenvalue weighted by atomic mass is 10.4. The second-order valence-corrected chi connectivity index (χ2v) is 6.18. The van der Waals surface area contributed by atoms with Crippen molar-refractivity contribution in [1.82, 2.24) is 14.9 Å². The van der Waals surface area contributed by atoms with Crippen LogP contribution in [-0.4, -0.2) is 31.4 Å². The summed E-state index contributed by atoms with van der Waals surface area (Å²) in [6.45, 7) is 0.255. The third-order valence-corrected chi connectivity index (χ3v) is 3.49. The van der Waals surface area contributed by atoms with Crippen LogP contribution in [0.5, 0.6) is 0 Å². The predicted octanol–water partition coefficient (Wildman–Crippen LogP) is 0.890. The molecule has 6 nitrogen and oxygen atoms in total. The van der Waals surface area contributed by atoms with Gasteiger partial charge in [0.15, 0.2) is 0 Å². The predicted molar refractivity (Wildman–Crippen MR) is 64.2 cm³/mol. The molecule has 0 radical (unpaired) electrons. The summed E-state index contributed by atoms with van der Waals surface area (Å²) in [7, 11) is -3.17. The third kappa shape index (κ3) is 3.62. The molecule has 2 rings (SSSR count). The first kappa shape index (κ1) is 12.2. The standard InChI is InChI=1S/C9H11N3O3S2/c1-17(13,14)10-5-4-8-11-12-9(15-8)7-3-2-6-16-7/h2-3,6,10H,4-5H2,1H3. The van der Waals surface area contributed by atoms with Crippen LogP contribution < -0.4 is 4.72 Å². The van der Waals surface area contributed by atoms with E-state index in [4.69, 9.17) is 4.42 Å². The largest absolute Gasteiger partial charge is 0.420 e. The summed E-state index contributed by atoms with van der Waals surface area (Å²) in [5.74, 6) is 0.888. The summed E-state index contributed by atoms with van der Waals surface area (Å²) in [6, 6.07) is 3.78. The van der Waals surface area contributed by atoms with E-state index in [0.717, 1.165) is 11.1 Å². The molecule has 0 bridgehead atoms. The molecule has 0 aliphatic heterocycles. The summed E-state index contributed by atoms with van der Waals surface area (Å²) in [6.07, 6.45) is 1.49. The minimum absolute atomic E-state index is 0.255. The van der Waals surface area contributed by atoms with Crippen molar-refractivity contribution < 1.29 is 12.8 Å². The van der Waals surface area contributed by atoms with Gasteiger partial charge in [-0.2, -0.15) is 0 Å². The Hall–Kier alpha value is -1.25. The first-order valence-electron chi connectivity index (χ1n) is 4.85. The highest BCUT2D eigenvalue weighted by molar-refractivity contribution is 7.88. The number of rotatable bonds is 5. The lowest BCUT2D eigenvalue weighted by molar-refractivity contribution is 0.503. The second kappa shape index (κ2) is 4.94. The van der Waals surface area contributed by atoms with E-state index in [0.29, 0.717) is 18.2 Å². The molecule has 0 atom stereocenters. The molecule has 2 heterocycles. The van der Waals surface area contributed by atoms with E-state index >= 15 is 0 Å². The minimum atomic E-state index is -3.17. The number of thiophene rings is 1. The number of hydrogen-bond donors (Lipinski definition) is 1. The van der Waals surface area contributed by atoms with Crippen molar-refractivity contribution in [3.05, 3.63) is 23.4 Å². The summed E-state index contributed by atoms with van der Waals surface area (Å²) in [4.78, 5) is 0.903. The van der Waals surface area contributed by atoms with Gasteiger partial charge in [-0.15, -0.1) is 21.5 Å². The van der Waals surface area contributed by atoms with Crippen molar-refractivity contribution in [3.63, 3.8) is 0 Å². The Kier molecular flexibility index (Phi) is 3.55. The number of aromatic nitrogens is 2. The summed E-state index contributed by atoms with van der Waals surface area (Å²) >= 11 is 1.51. The zero-order chi connectivity index (χ0) is 12.3. The van der Waals surface area contributed by atoms with Crippen LogP contribution in [0.2, 0.25) is 0 Å². The van der Waals surface area contributed by atoms with Gasteiger partial charge in [-0.3, -0.25) is 0 Å². The fraction of sp³-hybridized carbons (Fsp3) is 0.333. The maximum atomic E-state index is 10.8. The molecular formula is C9H11N3O3S2. The summed E-state index contributed by atoms with van der Waals surface area (Å²) in [5, 5.41) is 9.66. The number of nitrogens with zero attached hydrogens (tertiary/aromatic N) is 2. The Labute approximate surface area is 103 Å². The molecule has 1 N–H and O–H groups in total. The van der Waals surface area contributed by atoms with E-state index in [1.54, 1.807) is 0 Å². The topological polar surface area (TPSA) is 85.1 Å². The summed E-state index contributed by atoms with van der Waals surface area (Å²) in [5.41, 5.74) is 0. The maximum Gasteiger partial charge on any atom is 0.257 e. The zero-order valence-corrected chi connectivity index (χ0v) is 10.7.